The number of nitrogens with one attached hydrogen (secondary N) is 1. The van der Waals surface area contributed by atoms with Gasteiger partial charge < -0.3 is 10.2 Å². The van der Waals surface area contributed by atoms with Gasteiger partial charge in [-0.2, -0.15) is 0 Å². The van der Waals surface area contributed by atoms with Crippen LogP contribution in [0, 0.1) is 5.92 Å². The third-order valence-corrected chi connectivity index (χ3v) is 3.70. The van der Waals surface area contributed by atoms with Crippen LogP contribution in [0.1, 0.15) is 45.3 Å². The summed E-state index contributed by atoms with van der Waals surface area (Å²) in [6.07, 6.45) is 4.49. The Morgan fingerprint density at radius 1 is 1.50 bits per heavy atom. The number of hydrogen-bond donors (Lipinski definition) is 1. The topological polar surface area (TPSA) is 28.2 Å². The first-order valence-electron chi connectivity index (χ1n) is 7.15. The zero-order chi connectivity index (χ0) is 13.0. The van der Waals surface area contributed by atoms with Gasteiger partial charge in [-0.1, -0.05) is 13.8 Å². The first-order valence-corrected chi connectivity index (χ1v) is 7.15. The normalized spacial score (nSPS) is 21.3. The van der Waals surface area contributed by atoms with Gasteiger partial charge in [0.25, 0.3) is 0 Å². The van der Waals surface area contributed by atoms with E-state index in [0.717, 1.165) is 24.6 Å². The van der Waals surface area contributed by atoms with Crippen molar-refractivity contribution in [3.05, 3.63) is 24.0 Å². The number of pyridine rings is 1. The van der Waals surface area contributed by atoms with E-state index in [1.807, 2.05) is 6.20 Å². The van der Waals surface area contributed by atoms with Crippen LogP contribution in [0.5, 0.6) is 0 Å². The molecule has 2 unspecified atom stereocenters. The van der Waals surface area contributed by atoms with E-state index >= 15 is 0 Å². The Hall–Kier alpha value is -1.09. The molecule has 1 aliphatic heterocycles. The fourth-order valence-electron chi connectivity index (χ4n) is 2.48. The SMILES string of the molecule is CCCNC(C)c1ccc(N2CCC(C)C2)cn1. The molecule has 2 rings (SSSR count). The number of aromatic nitrogens is 1. The molecule has 0 saturated carbocycles. The van der Waals surface area contributed by atoms with Gasteiger partial charge in [-0.15, -0.1) is 0 Å². The van der Waals surface area contributed by atoms with Crippen molar-refractivity contribution in [3.63, 3.8) is 0 Å². The van der Waals surface area contributed by atoms with Gasteiger partial charge in [-0.05, 0) is 44.4 Å². The van der Waals surface area contributed by atoms with E-state index in [1.165, 1.54) is 25.2 Å². The van der Waals surface area contributed by atoms with Crippen molar-refractivity contribution >= 4 is 5.69 Å². The van der Waals surface area contributed by atoms with Crippen LogP contribution < -0.4 is 10.2 Å². The van der Waals surface area contributed by atoms with Crippen LogP contribution in [-0.2, 0) is 0 Å². The second-order valence-corrected chi connectivity index (χ2v) is 5.46. The average molecular weight is 247 g/mol. The van der Waals surface area contributed by atoms with Crippen LogP contribution in [0.4, 0.5) is 5.69 Å². The minimum Gasteiger partial charge on any atom is -0.370 e. The Bertz CT molecular complexity index is 361. The molecule has 18 heavy (non-hydrogen) atoms. The Labute approximate surface area is 111 Å². The first kappa shape index (κ1) is 13.3. The Balaban J connectivity index is 1.96. The second-order valence-electron chi connectivity index (χ2n) is 5.46. The maximum Gasteiger partial charge on any atom is 0.0572 e. The molecule has 1 N–H and O–H groups in total. The molecular weight excluding hydrogens is 222 g/mol. The highest BCUT2D eigenvalue weighted by atomic mass is 15.2. The zero-order valence-electron chi connectivity index (χ0n) is 11.8. The first-order chi connectivity index (χ1) is 8.70. The number of hydrogen-bond acceptors (Lipinski definition) is 3. The van der Waals surface area contributed by atoms with E-state index in [-0.39, 0.29) is 0 Å². The smallest absolute Gasteiger partial charge is 0.0572 e. The maximum atomic E-state index is 4.60. The highest BCUT2D eigenvalue weighted by Crippen LogP contribution is 2.23. The summed E-state index contributed by atoms with van der Waals surface area (Å²) in [6, 6.07) is 4.72. The fourth-order valence-corrected chi connectivity index (χ4v) is 2.48. The number of anilines is 1. The molecule has 0 spiro atoms. The van der Waals surface area contributed by atoms with Crippen LogP contribution in [-0.4, -0.2) is 24.6 Å². The molecule has 1 aromatic rings. The fraction of sp³-hybridized carbons (Fsp3) is 0.667. The van der Waals surface area contributed by atoms with Gasteiger partial charge in [0.15, 0.2) is 0 Å². The average Bonchev–Trinajstić information content (AvgIpc) is 2.83. The van der Waals surface area contributed by atoms with Crippen LogP contribution in [0.3, 0.4) is 0 Å². The van der Waals surface area contributed by atoms with E-state index in [1.54, 1.807) is 0 Å². The Kier molecular flexibility index (Phi) is 4.59. The predicted molar refractivity (Wildman–Crippen MR) is 76.9 cm³/mol. The monoisotopic (exact) mass is 247 g/mol. The molecule has 0 aromatic carbocycles. The zero-order valence-corrected chi connectivity index (χ0v) is 11.8. The lowest BCUT2D eigenvalue weighted by molar-refractivity contribution is 0.558. The molecule has 1 fully saturated rings. The summed E-state index contributed by atoms with van der Waals surface area (Å²) >= 11 is 0. The summed E-state index contributed by atoms with van der Waals surface area (Å²) in [7, 11) is 0. The van der Waals surface area contributed by atoms with Gasteiger partial charge in [0.05, 0.1) is 17.6 Å². The molecule has 1 aliphatic rings. The second kappa shape index (κ2) is 6.19. The van der Waals surface area contributed by atoms with Crippen molar-refractivity contribution in [2.75, 3.05) is 24.5 Å². The number of nitrogens with zero attached hydrogens (tertiary/aromatic N) is 2. The van der Waals surface area contributed by atoms with E-state index in [4.69, 9.17) is 0 Å². The van der Waals surface area contributed by atoms with Crippen LogP contribution in [0.15, 0.2) is 18.3 Å². The molecular formula is C15H25N3. The lowest BCUT2D eigenvalue weighted by Crippen LogP contribution is -2.21. The predicted octanol–water partition coefficient (Wildman–Crippen LogP) is 2.99. The van der Waals surface area contributed by atoms with Crippen LogP contribution >= 0.6 is 0 Å². The van der Waals surface area contributed by atoms with Gasteiger partial charge in [0.2, 0.25) is 0 Å². The summed E-state index contributed by atoms with van der Waals surface area (Å²) in [5, 5.41) is 3.47. The largest absolute Gasteiger partial charge is 0.370 e. The molecule has 1 saturated heterocycles. The summed E-state index contributed by atoms with van der Waals surface area (Å²) < 4.78 is 0. The van der Waals surface area contributed by atoms with Crippen molar-refractivity contribution in [3.8, 4) is 0 Å². The van der Waals surface area contributed by atoms with Crippen molar-refractivity contribution in [2.24, 2.45) is 5.92 Å². The summed E-state index contributed by atoms with van der Waals surface area (Å²) in [4.78, 5) is 7.03. The molecule has 2 heterocycles. The number of rotatable bonds is 5. The van der Waals surface area contributed by atoms with E-state index < -0.39 is 0 Å². The molecule has 3 heteroatoms. The molecule has 3 nitrogen and oxygen atoms in total. The van der Waals surface area contributed by atoms with E-state index in [9.17, 15) is 0 Å². The van der Waals surface area contributed by atoms with Gasteiger partial charge in [-0.25, -0.2) is 0 Å². The molecule has 0 radical (unpaired) electrons. The van der Waals surface area contributed by atoms with Gasteiger partial charge in [-0.3, -0.25) is 4.98 Å². The van der Waals surface area contributed by atoms with Gasteiger partial charge >= 0.3 is 0 Å². The third kappa shape index (κ3) is 3.22. The lowest BCUT2D eigenvalue weighted by atomic mass is 10.2. The minimum atomic E-state index is 0.344. The molecule has 0 bridgehead atoms. The van der Waals surface area contributed by atoms with Crippen molar-refractivity contribution in [1.29, 1.82) is 0 Å². The van der Waals surface area contributed by atoms with Crippen molar-refractivity contribution in [1.82, 2.24) is 10.3 Å². The Morgan fingerprint density at radius 3 is 2.89 bits per heavy atom. The quantitative estimate of drug-likeness (QED) is 0.867. The standard InChI is InChI=1S/C15H25N3/c1-4-8-16-13(3)15-6-5-14(10-17-15)18-9-7-12(2)11-18/h5-6,10,12-13,16H,4,7-9,11H2,1-3H3. The molecule has 0 aliphatic carbocycles. The lowest BCUT2D eigenvalue weighted by Gasteiger charge is -2.19. The summed E-state index contributed by atoms with van der Waals surface area (Å²) in [6.45, 7) is 10.1. The van der Waals surface area contributed by atoms with Crippen molar-refractivity contribution < 1.29 is 0 Å². The van der Waals surface area contributed by atoms with Crippen LogP contribution in [0.25, 0.3) is 0 Å². The molecule has 100 valence electrons. The minimum absolute atomic E-state index is 0.344. The van der Waals surface area contributed by atoms with Crippen LogP contribution in [0.2, 0.25) is 0 Å². The van der Waals surface area contributed by atoms with Gasteiger partial charge in [0.1, 0.15) is 0 Å². The molecule has 1 aromatic heterocycles. The Morgan fingerprint density at radius 2 is 2.33 bits per heavy atom. The third-order valence-electron chi connectivity index (χ3n) is 3.70. The van der Waals surface area contributed by atoms with E-state index in [2.05, 4.69) is 48.1 Å². The van der Waals surface area contributed by atoms with Crippen molar-refractivity contribution in [2.45, 2.75) is 39.7 Å². The molecule has 2 atom stereocenters. The highest BCUT2D eigenvalue weighted by Gasteiger charge is 2.19. The summed E-state index contributed by atoms with van der Waals surface area (Å²) in [5.74, 6) is 0.815. The summed E-state index contributed by atoms with van der Waals surface area (Å²) in [5.41, 5.74) is 2.41. The van der Waals surface area contributed by atoms with E-state index in [0.29, 0.717) is 6.04 Å². The highest BCUT2D eigenvalue weighted by molar-refractivity contribution is 5.45. The maximum absolute atomic E-state index is 4.60. The van der Waals surface area contributed by atoms with Gasteiger partial charge in [0, 0.05) is 19.1 Å². The molecule has 0 amide bonds.